The molecular weight excluding hydrogens is 461 g/mol. The minimum absolute atomic E-state index is 0.0912. The summed E-state index contributed by atoms with van der Waals surface area (Å²) in [6.07, 6.45) is -0.162. The molecule has 1 atom stereocenters. The molecule has 0 saturated carbocycles. The van der Waals surface area contributed by atoms with Crippen LogP contribution in [0.1, 0.15) is 16.8 Å². The maximum Gasteiger partial charge on any atom is 0.311 e. The minimum Gasteiger partial charge on any atom is -0.497 e. The second-order valence-electron chi connectivity index (χ2n) is 6.86. The van der Waals surface area contributed by atoms with E-state index in [1.165, 1.54) is 25.3 Å². The van der Waals surface area contributed by atoms with Gasteiger partial charge in [-0.2, -0.15) is 0 Å². The largest absolute Gasteiger partial charge is 0.497 e. The number of nitrogens with one attached hydrogen (secondary N) is 2. The number of ether oxygens (including phenoxy) is 2. The Morgan fingerprint density at radius 1 is 1.16 bits per heavy atom. The van der Waals surface area contributed by atoms with Crippen molar-refractivity contribution < 1.29 is 28.7 Å². The number of methoxy groups -OCH3 is 1. The van der Waals surface area contributed by atoms with Crippen molar-refractivity contribution in [1.82, 2.24) is 10.4 Å². The molecule has 2 aromatic rings. The number of hydrogen-bond donors (Lipinski definition) is 2. The number of hydrazine groups is 1. The van der Waals surface area contributed by atoms with Gasteiger partial charge in [0.1, 0.15) is 5.75 Å². The molecule has 0 spiro atoms. The first-order valence-electron chi connectivity index (χ1n) is 9.43. The molecule has 168 valence electrons. The molecule has 2 N–H and O–H groups in total. The maximum atomic E-state index is 12.4. The molecule has 3 amide bonds. The highest BCUT2D eigenvalue weighted by Crippen LogP contribution is 2.22. The van der Waals surface area contributed by atoms with Crippen molar-refractivity contribution in [2.24, 2.45) is 5.92 Å². The van der Waals surface area contributed by atoms with Gasteiger partial charge in [-0.15, -0.1) is 0 Å². The number of carbonyl (C=O) groups is 4. The molecule has 0 unspecified atom stereocenters. The number of esters is 1. The highest BCUT2D eigenvalue weighted by molar-refractivity contribution is 6.36. The normalized spacial score (nSPS) is 15.3. The Kier molecular flexibility index (Phi) is 7.55. The van der Waals surface area contributed by atoms with Gasteiger partial charge in [-0.05, 0) is 30.3 Å². The van der Waals surface area contributed by atoms with E-state index in [2.05, 4.69) is 10.7 Å². The Morgan fingerprint density at radius 2 is 1.94 bits per heavy atom. The lowest BCUT2D eigenvalue weighted by atomic mass is 10.1. The van der Waals surface area contributed by atoms with Crippen molar-refractivity contribution in [3.8, 4) is 5.75 Å². The maximum absolute atomic E-state index is 12.4. The quantitative estimate of drug-likeness (QED) is 0.590. The highest BCUT2D eigenvalue weighted by Gasteiger charge is 2.37. The van der Waals surface area contributed by atoms with Crippen LogP contribution >= 0.6 is 23.2 Å². The van der Waals surface area contributed by atoms with Crippen LogP contribution in [0.25, 0.3) is 0 Å². The molecule has 1 fully saturated rings. The molecular formula is C21H19Cl2N3O6. The summed E-state index contributed by atoms with van der Waals surface area (Å²) in [5, 5.41) is 4.09. The third-order valence-corrected chi connectivity index (χ3v) is 5.12. The molecule has 1 aliphatic rings. The van der Waals surface area contributed by atoms with Crippen LogP contribution in [0.15, 0.2) is 42.5 Å². The van der Waals surface area contributed by atoms with Crippen LogP contribution in [-0.2, 0) is 19.1 Å². The van der Waals surface area contributed by atoms with Gasteiger partial charge in [0, 0.05) is 23.2 Å². The van der Waals surface area contributed by atoms with Crippen molar-refractivity contribution >= 4 is 52.6 Å². The molecule has 2 aromatic carbocycles. The van der Waals surface area contributed by atoms with E-state index in [-0.39, 0.29) is 23.6 Å². The zero-order valence-corrected chi connectivity index (χ0v) is 18.4. The number of hydrogen-bond acceptors (Lipinski definition) is 6. The summed E-state index contributed by atoms with van der Waals surface area (Å²) in [5.41, 5.74) is 3.03. The summed E-state index contributed by atoms with van der Waals surface area (Å²) in [6.45, 7) is -0.612. The van der Waals surface area contributed by atoms with Gasteiger partial charge < -0.3 is 14.8 Å². The number of rotatable bonds is 7. The van der Waals surface area contributed by atoms with E-state index in [1.807, 2.05) is 0 Å². The van der Waals surface area contributed by atoms with Gasteiger partial charge in [-0.3, -0.25) is 29.6 Å². The standard InChI is InChI=1S/C21H19Cl2N3O6/c1-31-15-4-2-3-14(9-15)24-18(27)11-32-21(30)12-7-19(28)26(10-12)25-20(29)16-6-5-13(22)8-17(16)23/h2-6,8-9,12H,7,10-11H2,1H3,(H,24,27)(H,25,29)/t12-/m0/s1. The Bertz CT molecular complexity index is 1060. The predicted octanol–water partition coefficient (Wildman–Crippen LogP) is 2.68. The van der Waals surface area contributed by atoms with E-state index in [0.29, 0.717) is 16.5 Å². The molecule has 11 heteroatoms. The number of halogens is 2. The van der Waals surface area contributed by atoms with Crippen LogP contribution in [-0.4, -0.2) is 49.0 Å². The fraction of sp³-hybridized carbons (Fsp3) is 0.238. The molecule has 0 bridgehead atoms. The van der Waals surface area contributed by atoms with Crippen LogP contribution in [0.4, 0.5) is 5.69 Å². The smallest absolute Gasteiger partial charge is 0.311 e. The number of nitrogens with zero attached hydrogens (tertiary/aromatic N) is 1. The van der Waals surface area contributed by atoms with Crippen LogP contribution in [0.5, 0.6) is 5.75 Å². The number of carbonyl (C=O) groups excluding carboxylic acids is 4. The van der Waals surface area contributed by atoms with Crippen molar-refractivity contribution in [3.05, 3.63) is 58.1 Å². The second kappa shape index (κ2) is 10.3. The molecule has 0 aliphatic carbocycles. The second-order valence-corrected chi connectivity index (χ2v) is 7.70. The van der Waals surface area contributed by atoms with E-state index in [1.54, 1.807) is 24.3 Å². The molecule has 1 aliphatic heterocycles. The van der Waals surface area contributed by atoms with E-state index < -0.39 is 36.2 Å². The van der Waals surface area contributed by atoms with Gasteiger partial charge in [-0.1, -0.05) is 29.3 Å². The summed E-state index contributed by atoms with van der Waals surface area (Å²) in [6, 6.07) is 11.0. The fourth-order valence-electron chi connectivity index (χ4n) is 2.98. The van der Waals surface area contributed by atoms with Gasteiger partial charge in [0.25, 0.3) is 11.8 Å². The summed E-state index contributed by atoms with van der Waals surface area (Å²) < 4.78 is 10.1. The van der Waals surface area contributed by atoms with Crippen LogP contribution in [0.2, 0.25) is 10.0 Å². The van der Waals surface area contributed by atoms with Crippen LogP contribution < -0.4 is 15.5 Å². The van der Waals surface area contributed by atoms with Crippen molar-refractivity contribution in [1.29, 1.82) is 0 Å². The average Bonchev–Trinajstić information content (AvgIpc) is 3.12. The topological polar surface area (TPSA) is 114 Å². The molecule has 0 radical (unpaired) electrons. The first kappa shape index (κ1) is 23.4. The molecule has 32 heavy (non-hydrogen) atoms. The zero-order chi connectivity index (χ0) is 23.3. The lowest BCUT2D eigenvalue weighted by Gasteiger charge is -2.18. The first-order valence-corrected chi connectivity index (χ1v) is 10.2. The van der Waals surface area contributed by atoms with Gasteiger partial charge in [0.15, 0.2) is 6.61 Å². The Morgan fingerprint density at radius 3 is 2.66 bits per heavy atom. The Labute approximate surface area is 193 Å². The Balaban J connectivity index is 1.50. The SMILES string of the molecule is COc1cccc(NC(=O)COC(=O)[C@H]2CC(=O)N(NC(=O)c3ccc(Cl)cc3Cl)C2)c1. The molecule has 0 aromatic heterocycles. The van der Waals surface area contributed by atoms with Crippen molar-refractivity contribution in [2.75, 3.05) is 25.6 Å². The summed E-state index contributed by atoms with van der Waals surface area (Å²) >= 11 is 11.8. The van der Waals surface area contributed by atoms with Gasteiger partial charge in [-0.25, -0.2) is 0 Å². The molecule has 9 nitrogen and oxygen atoms in total. The third-order valence-electron chi connectivity index (χ3n) is 4.57. The fourth-order valence-corrected chi connectivity index (χ4v) is 3.48. The van der Waals surface area contributed by atoms with E-state index in [0.717, 1.165) is 5.01 Å². The minimum atomic E-state index is -0.826. The average molecular weight is 480 g/mol. The number of amides is 3. The molecule has 3 rings (SSSR count). The lowest BCUT2D eigenvalue weighted by molar-refractivity contribution is -0.151. The van der Waals surface area contributed by atoms with Gasteiger partial charge >= 0.3 is 5.97 Å². The van der Waals surface area contributed by atoms with Gasteiger partial charge in [0.2, 0.25) is 5.91 Å². The first-order chi connectivity index (χ1) is 15.3. The predicted molar refractivity (Wildman–Crippen MR) is 116 cm³/mol. The van der Waals surface area contributed by atoms with E-state index >= 15 is 0 Å². The summed E-state index contributed by atoms with van der Waals surface area (Å²) in [5.74, 6) is -2.61. The molecule has 1 heterocycles. The number of benzene rings is 2. The van der Waals surface area contributed by atoms with E-state index in [4.69, 9.17) is 32.7 Å². The van der Waals surface area contributed by atoms with E-state index in [9.17, 15) is 19.2 Å². The lowest BCUT2D eigenvalue weighted by Crippen LogP contribution is -2.43. The van der Waals surface area contributed by atoms with Crippen molar-refractivity contribution in [2.45, 2.75) is 6.42 Å². The summed E-state index contributed by atoms with van der Waals surface area (Å²) in [4.78, 5) is 48.9. The van der Waals surface area contributed by atoms with Gasteiger partial charge in [0.05, 0.1) is 30.2 Å². The monoisotopic (exact) mass is 479 g/mol. The number of anilines is 1. The third kappa shape index (κ3) is 5.89. The highest BCUT2D eigenvalue weighted by atomic mass is 35.5. The van der Waals surface area contributed by atoms with Crippen molar-refractivity contribution in [3.63, 3.8) is 0 Å². The van der Waals surface area contributed by atoms with Crippen LogP contribution in [0.3, 0.4) is 0 Å². The summed E-state index contributed by atoms with van der Waals surface area (Å²) in [7, 11) is 1.50. The molecule has 1 saturated heterocycles. The zero-order valence-electron chi connectivity index (χ0n) is 16.9. The Hall–Kier alpha value is -3.30. The van der Waals surface area contributed by atoms with Crippen LogP contribution in [0, 0.1) is 5.92 Å².